The van der Waals surface area contributed by atoms with Crippen molar-refractivity contribution in [2.45, 2.75) is 44.1 Å². The molecule has 27 heavy (non-hydrogen) atoms. The topological polar surface area (TPSA) is 38.8 Å². The number of amides is 1. The highest BCUT2D eigenvalue weighted by atomic mass is 79.9. The molecule has 2 aliphatic rings. The normalized spacial score (nSPS) is 19.4. The zero-order valence-corrected chi connectivity index (χ0v) is 17.3. The van der Waals surface area contributed by atoms with E-state index < -0.39 is 0 Å². The molecule has 0 spiro atoms. The van der Waals surface area contributed by atoms with Gasteiger partial charge in [0.05, 0.1) is 19.1 Å². The van der Waals surface area contributed by atoms with Gasteiger partial charge in [0.2, 0.25) is 5.91 Å². The average molecular weight is 430 g/mol. The molecule has 4 rings (SSSR count). The smallest absolute Gasteiger partial charge is 0.234 e. The molecule has 1 atom stereocenters. The standard InChI is InChI=1S/C22H24BrNO3/c1-24-19-11-10-15(23)13-17(19)18(22(24)25)12-14-6-5-9-20(26-2)21(14)27-16-7-3-4-8-16/h5-6,9-11,13,16,18H,3-4,7-8,12H2,1-2H3/t18-/m0/s1. The van der Waals surface area contributed by atoms with Crippen LogP contribution in [-0.4, -0.2) is 26.2 Å². The van der Waals surface area contributed by atoms with Gasteiger partial charge in [0.1, 0.15) is 0 Å². The molecule has 1 aliphatic heterocycles. The first-order valence-electron chi connectivity index (χ1n) is 9.48. The number of carbonyl (C=O) groups is 1. The van der Waals surface area contributed by atoms with Gasteiger partial charge < -0.3 is 14.4 Å². The monoisotopic (exact) mass is 429 g/mol. The van der Waals surface area contributed by atoms with Crippen molar-refractivity contribution in [2.24, 2.45) is 0 Å². The molecule has 0 N–H and O–H groups in total. The lowest BCUT2D eigenvalue weighted by atomic mass is 9.92. The summed E-state index contributed by atoms with van der Waals surface area (Å²) in [5.74, 6) is 1.46. The third-order valence-electron chi connectivity index (χ3n) is 5.65. The second-order valence-electron chi connectivity index (χ2n) is 7.33. The van der Waals surface area contributed by atoms with Crippen LogP contribution in [0.4, 0.5) is 5.69 Å². The highest BCUT2D eigenvalue weighted by molar-refractivity contribution is 9.10. The molecule has 0 bridgehead atoms. The lowest BCUT2D eigenvalue weighted by Crippen LogP contribution is -2.25. The Labute approximate surface area is 168 Å². The number of nitrogens with zero attached hydrogens (tertiary/aromatic N) is 1. The second-order valence-corrected chi connectivity index (χ2v) is 8.25. The number of para-hydroxylation sites is 1. The summed E-state index contributed by atoms with van der Waals surface area (Å²) in [5.41, 5.74) is 3.07. The van der Waals surface area contributed by atoms with Crippen LogP contribution in [-0.2, 0) is 11.2 Å². The fraction of sp³-hybridized carbons (Fsp3) is 0.409. The molecular weight excluding hydrogens is 406 g/mol. The van der Waals surface area contributed by atoms with E-state index in [9.17, 15) is 4.79 Å². The Morgan fingerprint density at radius 2 is 1.96 bits per heavy atom. The van der Waals surface area contributed by atoms with Crippen molar-refractivity contribution in [3.63, 3.8) is 0 Å². The predicted octanol–water partition coefficient (Wildman–Crippen LogP) is 5.08. The molecule has 0 aromatic heterocycles. The molecule has 0 saturated heterocycles. The van der Waals surface area contributed by atoms with Gasteiger partial charge in [-0.05, 0) is 67.5 Å². The number of hydrogen-bond acceptors (Lipinski definition) is 3. The zero-order chi connectivity index (χ0) is 19.0. The van der Waals surface area contributed by atoms with Crippen molar-refractivity contribution in [2.75, 3.05) is 19.1 Å². The van der Waals surface area contributed by atoms with Crippen molar-refractivity contribution >= 4 is 27.5 Å². The summed E-state index contributed by atoms with van der Waals surface area (Å²) in [5, 5.41) is 0. The molecule has 5 heteroatoms. The maximum Gasteiger partial charge on any atom is 0.234 e. The van der Waals surface area contributed by atoms with Gasteiger partial charge in [0.25, 0.3) is 0 Å². The Bertz CT molecular complexity index is 861. The molecule has 2 aromatic rings. The molecule has 1 amide bonds. The van der Waals surface area contributed by atoms with Gasteiger partial charge in [0, 0.05) is 17.2 Å². The molecule has 2 aromatic carbocycles. The first-order chi connectivity index (χ1) is 13.1. The number of halogens is 1. The Morgan fingerprint density at radius 1 is 1.19 bits per heavy atom. The summed E-state index contributed by atoms with van der Waals surface area (Å²) in [6.45, 7) is 0. The highest BCUT2D eigenvalue weighted by Crippen LogP contribution is 2.43. The minimum atomic E-state index is -0.208. The Kier molecular flexibility index (Phi) is 5.13. The van der Waals surface area contributed by atoms with Crippen LogP contribution in [0, 0.1) is 0 Å². The van der Waals surface area contributed by atoms with Crippen LogP contribution in [0.25, 0.3) is 0 Å². The first kappa shape index (κ1) is 18.4. The van der Waals surface area contributed by atoms with Crippen LogP contribution in [0.5, 0.6) is 11.5 Å². The minimum Gasteiger partial charge on any atom is -0.493 e. The largest absolute Gasteiger partial charge is 0.493 e. The van der Waals surface area contributed by atoms with Crippen LogP contribution >= 0.6 is 15.9 Å². The fourth-order valence-electron chi connectivity index (χ4n) is 4.20. The van der Waals surface area contributed by atoms with E-state index in [4.69, 9.17) is 9.47 Å². The van der Waals surface area contributed by atoms with Crippen LogP contribution in [0.2, 0.25) is 0 Å². The molecule has 1 aliphatic carbocycles. The number of rotatable bonds is 5. The average Bonchev–Trinajstić information content (AvgIpc) is 3.26. The number of ether oxygens (including phenoxy) is 2. The zero-order valence-electron chi connectivity index (χ0n) is 15.7. The number of hydrogen-bond donors (Lipinski definition) is 0. The summed E-state index contributed by atoms with van der Waals surface area (Å²) in [6.07, 6.45) is 5.43. The van der Waals surface area contributed by atoms with E-state index in [1.54, 1.807) is 12.0 Å². The van der Waals surface area contributed by atoms with Crippen LogP contribution in [0.3, 0.4) is 0 Å². The quantitative estimate of drug-likeness (QED) is 0.664. The van der Waals surface area contributed by atoms with Crippen molar-refractivity contribution < 1.29 is 14.3 Å². The fourth-order valence-corrected chi connectivity index (χ4v) is 4.58. The number of benzene rings is 2. The van der Waals surface area contributed by atoms with E-state index in [0.29, 0.717) is 6.42 Å². The maximum absolute atomic E-state index is 12.9. The van der Waals surface area contributed by atoms with Crippen LogP contribution in [0.1, 0.15) is 42.7 Å². The number of likely N-dealkylation sites (N-methyl/N-ethyl adjacent to an activating group) is 1. The number of anilines is 1. The Balaban J connectivity index is 1.68. The van der Waals surface area contributed by atoms with Crippen molar-refractivity contribution in [1.82, 2.24) is 0 Å². The van der Waals surface area contributed by atoms with Crippen molar-refractivity contribution in [1.29, 1.82) is 0 Å². The van der Waals surface area contributed by atoms with E-state index in [2.05, 4.69) is 28.1 Å². The van der Waals surface area contributed by atoms with Gasteiger partial charge in [-0.3, -0.25) is 4.79 Å². The summed E-state index contributed by atoms with van der Waals surface area (Å²) in [7, 11) is 3.51. The van der Waals surface area contributed by atoms with Gasteiger partial charge in [-0.1, -0.05) is 28.1 Å². The van der Waals surface area contributed by atoms with E-state index in [1.165, 1.54) is 12.8 Å². The molecule has 0 radical (unpaired) electrons. The van der Waals surface area contributed by atoms with Crippen molar-refractivity contribution in [3.05, 3.63) is 52.0 Å². The molecule has 0 unspecified atom stereocenters. The molecule has 1 heterocycles. The lowest BCUT2D eigenvalue weighted by molar-refractivity contribution is -0.119. The van der Waals surface area contributed by atoms with Gasteiger partial charge in [-0.15, -0.1) is 0 Å². The van der Waals surface area contributed by atoms with E-state index in [0.717, 1.165) is 45.6 Å². The van der Waals surface area contributed by atoms with Crippen LogP contribution < -0.4 is 14.4 Å². The van der Waals surface area contributed by atoms with E-state index in [1.807, 2.05) is 31.3 Å². The SMILES string of the molecule is COc1cccc(C[C@@H]2C(=O)N(C)c3ccc(Br)cc32)c1OC1CCCC1. The molecule has 4 nitrogen and oxygen atoms in total. The number of fused-ring (bicyclic) bond motifs is 1. The van der Waals surface area contributed by atoms with Gasteiger partial charge >= 0.3 is 0 Å². The van der Waals surface area contributed by atoms with Gasteiger partial charge in [0.15, 0.2) is 11.5 Å². The summed E-state index contributed by atoms with van der Waals surface area (Å²) < 4.78 is 12.9. The minimum absolute atomic E-state index is 0.123. The molecule has 1 fully saturated rings. The van der Waals surface area contributed by atoms with Gasteiger partial charge in [-0.2, -0.15) is 0 Å². The van der Waals surface area contributed by atoms with E-state index in [-0.39, 0.29) is 17.9 Å². The number of carbonyl (C=O) groups excluding carboxylic acids is 1. The number of methoxy groups -OCH3 is 1. The summed E-state index contributed by atoms with van der Waals surface area (Å²) >= 11 is 3.54. The third-order valence-corrected chi connectivity index (χ3v) is 6.14. The summed E-state index contributed by atoms with van der Waals surface area (Å²) in [4.78, 5) is 14.7. The molecule has 1 saturated carbocycles. The van der Waals surface area contributed by atoms with Crippen molar-refractivity contribution in [3.8, 4) is 11.5 Å². The molecule has 142 valence electrons. The first-order valence-corrected chi connectivity index (χ1v) is 10.3. The molecular formula is C22H24BrNO3. The third kappa shape index (κ3) is 3.45. The van der Waals surface area contributed by atoms with E-state index >= 15 is 0 Å². The Hall–Kier alpha value is -2.01. The summed E-state index contributed by atoms with van der Waals surface area (Å²) in [6, 6.07) is 12.0. The Morgan fingerprint density at radius 3 is 2.70 bits per heavy atom. The van der Waals surface area contributed by atoms with Gasteiger partial charge in [-0.25, -0.2) is 0 Å². The second kappa shape index (κ2) is 7.55. The highest BCUT2D eigenvalue weighted by Gasteiger charge is 2.36. The lowest BCUT2D eigenvalue weighted by Gasteiger charge is -2.20. The van der Waals surface area contributed by atoms with Crippen LogP contribution in [0.15, 0.2) is 40.9 Å². The predicted molar refractivity (Wildman–Crippen MR) is 110 cm³/mol. The maximum atomic E-state index is 12.9.